The zero-order chi connectivity index (χ0) is 12.6. The molecule has 0 aliphatic rings. The molecule has 0 aliphatic heterocycles. The second kappa shape index (κ2) is 4.31. The van der Waals surface area contributed by atoms with Gasteiger partial charge in [-0.3, -0.25) is 0 Å². The van der Waals surface area contributed by atoms with Gasteiger partial charge in [-0.2, -0.15) is 0 Å². The van der Waals surface area contributed by atoms with Gasteiger partial charge in [0, 0.05) is 16.4 Å². The second-order valence-corrected chi connectivity index (χ2v) is 6.29. The van der Waals surface area contributed by atoms with E-state index in [9.17, 15) is 0 Å². The molecule has 0 saturated heterocycles. The van der Waals surface area contributed by atoms with E-state index in [-0.39, 0.29) is 5.41 Å². The fourth-order valence-electron chi connectivity index (χ4n) is 1.43. The SMILES string of the molecule is CC(C)(C)c1csc(-c2ccc(Cl)c(N)c2)n1. The Morgan fingerprint density at radius 2 is 2.00 bits per heavy atom. The molecule has 2 nitrogen and oxygen atoms in total. The number of anilines is 1. The average molecular weight is 267 g/mol. The lowest BCUT2D eigenvalue weighted by molar-refractivity contribution is 0.573. The Morgan fingerprint density at radius 3 is 2.53 bits per heavy atom. The van der Waals surface area contributed by atoms with Gasteiger partial charge in [0.25, 0.3) is 0 Å². The van der Waals surface area contributed by atoms with Gasteiger partial charge in [-0.1, -0.05) is 38.4 Å². The van der Waals surface area contributed by atoms with E-state index in [2.05, 4.69) is 31.1 Å². The number of halogens is 1. The number of rotatable bonds is 1. The fourth-order valence-corrected chi connectivity index (χ4v) is 2.59. The molecule has 1 aromatic heterocycles. The van der Waals surface area contributed by atoms with Crippen LogP contribution in [-0.4, -0.2) is 4.98 Å². The summed E-state index contributed by atoms with van der Waals surface area (Å²) in [6, 6.07) is 5.63. The van der Waals surface area contributed by atoms with Gasteiger partial charge in [-0.15, -0.1) is 11.3 Å². The lowest BCUT2D eigenvalue weighted by Gasteiger charge is -2.14. The first kappa shape index (κ1) is 12.4. The van der Waals surface area contributed by atoms with Crippen molar-refractivity contribution in [2.24, 2.45) is 0 Å². The van der Waals surface area contributed by atoms with E-state index in [1.165, 1.54) is 0 Å². The monoisotopic (exact) mass is 266 g/mol. The molecular formula is C13H15ClN2S. The summed E-state index contributed by atoms with van der Waals surface area (Å²) in [6.07, 6.45) is 0. The molecule has 1 aromatic carbocycles. The molecule has 0 amide bonds. The molecule has 90 valence electrons. The first-order valence-corrected chi connectivity index (χ1v) is 6.65. The lowest BCUT2D eigenvalue weighted by atomic mass is 9.93. The topological polar surface area (TPSA) is 38.9 Å². The highest BCUT2D eigenvalue weighted by Crippen LogP contribution is 2.32. The minimum atomic E-state index is 0.0761. The average Bonchev–Trinajstić information content (AvgIpc) is 2.70. The van der Waals surface area contributed by atoms with Crippen LogP contribution in [0.5, 0.6) is 0 Å². The van der Waals surface area contributed by atoms with E-state index in [0.29, 0.717) is 10.7 Å². The van der Waals surface area contributed by atoms with Gasteiger partial charge in [0.1, 0.15) is 5.01 Å². The molecular weight excluding hydrogens is 252 g/mol. The molecule has 2 N–H and O–H groups in total. The van der Waals surface area contributed by atoms with Gasteiger partial charge in [0.05, 0.1) is 16.4 Å². The molecule has 0 aliphatic carbocycles. The standard InChI is InChI=1S/C13H15ClN2S/c1-13(2,3)11-7-17-12(16-11)8-4-5-9(14)10(15)6-8/h4-7H,15H2,1-3H3. The number of benzene rings is 1. The van der Waals surface area contributed by atoms with Crippen molar-refractivity contribution < 1.29 is 0 Å². The van der Waals surface area contributed by atoms with Crippen LogP contribution in [0.15, 0.2) is 23.6 Å². The van der Waals surface area contributed by atoms with Crippen LogP contribution < -0.4 is 5.73 Å². The van der Waals surface area contributed by atoms with Crippen LogP contribution in [0, 0.1) is 0 Å². The lowest BCUT2D eigenvalue weighted by Crippen LogP contribution is -2.11. The Morgan fingerprint density at radius 1 is 1.29 bits per heavy atom. The van der Waals surface area contributed by atoms with Crippen molar-refractivity contribution >= 4 is 28.6 Å². The third kappa shape index (κ3) is 2.61. The largest absolute Gasteiger partial charge is 0.398 e. The molecule has 0 radical (unpaired) electrons. The first-order chi connectivity index (χ1) is 7.88. The van der Waals surface area contributed by atoms with E-state index in [0.717, 1.165) is 16.3 Å². The minimum absolute atomic E-state index is 0.0761. The van der Waals surface area contributed by atoms with Crippen LogP contribution in [0.25, 0.3) is 10.6 Å². The highest BCUT2D eigenvalue weighted by Gasteiger charge is 2.18. The Kier molecular flexibility index (Phi) is 3.15. The predicted octanol–water partition coefficient (Wildman–Crippen LogP) is 4.34. The van der Waals surface area contributed by atoms with Gasteiger partial charge < -0.3 is 5.73 Å². The maximum Gasteiger partial charge on any atom is 0.123 e. The zero-order valence-corrected chi connectivity index (χ0v) is 11.7. The molecule has 0 spiro atoms. The highest BCUT2D eigenvalue weighted by molar-refractivity contribution is 7.13. The molecule has 2 rings (SSSR count). The van der Waals surface area contributed by atoms with E-state index in [1.54, 1.807) is 11.3 Å². The molecule has 0 atom stereocenters. The van der Waals surface area contributed by atoms with Crippen LogP contribution >= 0.6 is 22.9 Å². The van der Waals surface area contributed by atoms with Crippen LogP contribution in [0.1, 0.15) is 26.5 Å². The molecule has 0 unspecified atom stereocenters. The quantitative estimate of drug-likeness (QED) is 0.780. The zero-order valence-electron chi connectivity index (χ0n) is 10.1. The molecule has 0 bridgehead atoms. The summed E-state index contributed by atoms with van der Waals surface area (Å²) in [5.41, 5.74) is 8.59. The van der Waals surface area contributed by atoms with Crippen molar-refractivity contribution in [3.05, 3.63) is 34.3 Å². The van der Waals surface area contributed by atoms with Gasteiger partial charge in [0.15, 0.2) is 0 Å². The van der Waals surface area contributed by atoms with Crippen LogP contribution in [0.3, 0.4) is 0 Å². The molecule has 0 fully saturated rings. The number of hydrogen-bond donors (Lipinski definition) is 1. The number of nitrogen functional groups attached to an aromatic ring is 1. The fraction of sp³-hybridized carbons (Fsp3) is 0.308. The second-order valence-electron chi connectivity index (χ2n) is 5.02. The number of nitrogens with two attached hydrogens (primary N) is 1. The van der Waals surface area contributed by atoms with Crippen molar-refractivity contribution in [2.45, 2.75) is 26.2 Å². The Balaban J connectivity index is 2.40. The number of nitrogens with zero attached hydrogens (tertiary/aromatic N) is 1. The summed E-state index contributed by atoms with van der Waals surface area (Å²) >= 11 is 7.54. The van der Waals surface area contributed by atoms with Gasteiger partial charge >= 0.3 is 0 Å². The predicted molar refractivity (Wildman–Crippen MR) is 75.7 cm³/mol. The Hall–Kier alpha value is -1.06. The van der Waals surface area contributed by atoms with E-state index in [4.69, 9.17) is 17.3 Å². The molecule has 4 heteroatoms. The Labute approximate surface area is 110 Å². The summed E-state index contributed by atoms with van der Waals surface area (Å²) < 4.78 is 0. The Bertz CT molecular complexity index is 541. The highest BCUT2D eigenvalue weighted by atomic mass is 35.5. The first-order valence-electron chi connectivity index (χ1n) is 5.39. The van der Waals surface area contributed by atoms with Crippen molar-refractivity contribution in [2.75, 3.05) is 5.73 Å². The summed E-state index contributed by atoms with van der Waals surface area (Å²) in [5.74, 6) is 0. The minimum Gasteiger partial charge on any atom is -0.398 e. The third-order valence-corrected chi connectivity index (χ3v) is 3.75. The van der Waals surface area contributed by atoms with E-state index >= 15 is 0 Å². The van der Waals surface area contributed by atoms with Crippen molar-refractivity contribution in [1.82, 2.24) is 4.98 Å². The van der Waals surface area contributed by atoms with Gasteiger partial charge in [-0.05, 0) is 12.1 Å². The summed E-state index contributed by atoms with van der Waals surface area (Å²) in [6.45, 7) is 6.46. The van der Waals surface area contributed by atoms with Crippen molar-refractivity contribution in [3.63, 3.8) is 0 Å². The smallest absolute Gasteiger partial charge is 0.123 e. The van der Waals surface area contributed by atoms with Gasteiger partial charge in [-0.25, -0.2) is 4.98 Å². The molecule has 2 aromatic rings. The van der Waals surface area contributed by atoms with E-state index < -0.39 is 0 Å². The summed E-state index contributed by atoms with van der Waals surface area (Å²) in [5, 5.41) is 3.67. The number of thiazole rings is 1. The summed E-state index contributed by atoms with van der Waals surface area (Å²) in [4.78, 5) is 4.64. The van der Waals surface area contributed by atoms with Gasteiger partial charge in [0.2, 0.25) is 0 Å². The molecule has 17 heavy (non-hydrogen) atoms. The van der Waals surface area contributed by atoms with Crippen molar-refractivity contribution in [1.29, 1.82) is 0 Å². The normalized spacial score (nSPS) is 11.8. The number of hydrogen-bond acceptors (Lipinski definition) is 3. The van der Waals surface area contributed by atoms with Crippen molar-refractivity contribution in [3.8, 4) is 10.6 Å². The molecule has 0 saturated carbocycles. The molecule has 1 heterocycles. The third-order valence-electron chi connectivity index (χ3n) is 2.52. The van der Waals surface area contributed by atoms with Crippen LogP contribution in [-0.2, 0) is 5.41 Å². The number of aromatic nitrogens is 1. The van der Waals surface area contributed by atoms with Crippen LogP contribution in [0.4, 0.5) is 5.69 Å². The maximum absolute atomic E-state index is 5.90. The van der Waals surface area contributed by atoms with E-state index in [1.807, 2.05) is 18.2 Å². The summed E-state index contributed by atoms with van der Waals surface area (Å²) in [7, 11) is 0. The maximum atomic E-state index is 5.90. The van der Waals surface area contributed by atoms with Crippen LogP contribution in [0.2, 0.25) is 5.02 Å².